The predicted octanol–water partition coefficient (Wildman–Crippen LogP) is 6.81. The van der Waals surface area contributed by atoms with Gasteiger partial charge in [-0.2, -0.15) is 0 Å². The summed E-state index contributed by atoms with van der Waals surface area (Å²) < 4.78 is 6.58. The number of fused-ring (bicyclic) bond motifs is 1. The maximum Gasteiger partial charge on any atom is 0.151 e. The molecule has 0 amide bonds. The molecule has 0 radical (unpaired) electrons. The number of hydrogen-bond donors (Lipinski definition) is 1. The third-order valence-electron chi connectivity index (χ3n) is 3.93. The molecule has 27 heavy (non-hydrogen) atoms. The SMILES string of the molecule is CCOc1cccc(-c2csc3c(Nc4cc(Cl)cc(Cl)c4)ncnc23)c1. The molecule has 0 aliphatic carbocycles. The van der Waals surface area contributed by atoms with Crippen LogP contribution in [0.15, 0.2) is 54.2 Å². The summed E-state index contributed by atoms with van der Waals surface area (Å²) in [5.74, 6) is 1.56. The number of rotatable bonds is 5. The second kappa shape index (κ2) is 7.72. The van der Waals surface area contributed by atoms with E-state index in [0.29, 0.717) is 16.7 Å². The average molecular weight is 416 g/mol. The van der Waals surface area contributed by atoms with Crippen LogP contribution < -0.4 is 10.1 Å². The normalized spacial score (nSPS) is 10.9. The molecule has 2 heterocycles. The number of ether oxygens (including phenoxy) is 1. The molecule has 0 bridgehead atoms. The molecule has 4 aromatic rings. The van der Waals surface area contributed by atoms with Gasteiger partial charge in [-0.1, -0.05) is 35.3 Å². The van der Waals surface area contributed by atoms with Crippen molar-refractivity contribution in [2.24, 2.45) is 0 Å². The van der Waals surface area contributed by atoms with Crippen molar-refractivity contribution in [3.05, 3.63) is 64.2 Å². The zero-order valence-electron chi connectivity index (χ0n) is 14.4. The quantitative estimate of drug-likeness (QED) is 0.388. The first-order chi connectivity index (χ1) is 13.1. The van der Waals surface area contributed by atoms with E-state index in [9.17, 15) is 0 Å². The van der Waals surface area contributed by atoms with E-state index >= 15 is 0 Å². The molecular weight excluding hydrogens is 401 g/mol. The number of anilines is 2. The summed E-state index contributed by atoms with van der Waals surface area (Å²) >= 11 is 13.8. The molecule has 0 saturated heterocycles. The van der Waals surface area contributed by atoms with Crippen LogP contribution in [-0.2, 0) is 0 Å². The van der Waals surface area contributed by atoms with E-state index < -0.39 is 0 Å². The molecule has 0 atom stereocenters. The van der Waals surface area contributed by atoms with Crippen LogP contribution in [-0.4, -0.2) is 16.6 Å². The van der Waals surface area contributed by atoms with Crippen molar-refractivity contribution >= 4 is 56.3 Å². The van der Waals surface area contributed by atoms with Crippen molar-refractivity contribution in [3.8, 4) is 16.9 Å². The highest BCUT2D eigenvalue weighted by molar-refractivity contribution is 7.18. The number of halogens is 2. The van der Waals surface area contributed by atoms with Crippen molar-refractivity contribution < 1.29 is 4.74 Å². The zero-order chi connectivity index (χ0) is 18.8. The Kier molecular flexibility index (Phi) is 5.16. The largest absolute Gasteiger partial charge is 0.494 e. The van der Waals surface area contributed by atoms with Crippen LogP contribution in [0.4, 0.5) is 11.5 Å². The number of hydrogen-bond acceptors (Lipinski definition) is 5. The lowest BCUT2D eigenvalue weighted by Crippen LogP contribution is -1.95. The van der Waals surface area contributed by atoms with Crippen LogP contribution in [0.25, 0.3) is 21.3 Å². The molecule has 0 saturated carbocycles. The lowest BCUT2D eigenvalue weighted by molar-refractivity contribution is 0.340. The number of nitrogens with zero attached hydrogens (tertiary/aromatic N) is 2. The molecule has 1 N–H and O–H groups in total. The molecular formula is C20H15Cl2N3OS. The highest BCUT2D eigenvalue weighted by Gasteiger charge is 2.13. The van der Waals surface area contributed by atoms with Gasteiger partial charge in [0.1, 0.15) is 12.1 Å². The maximum absolute atomic E-state index is 6.09. The number of benzene rings is 2. The van der Waals surface area contributed by atoms with Gasteiger partial charge in [-0.15, -0.1) is 11.3 Å². The van der Waals surface area contributed by atoms with Gasteiger partial charge < -0.3 is 10.1 Å². The average Bonchev–Trinajstić information content (AvgIpc) is 3.07. The monoisotopic (exact) mass is 415 g/mol. The Morgan fingerprint density at radius 1 is 1.07 bits per heavy atom. The minimum Gasteiger partial charge on any atom is -0.494 e. The molecule has 136 valence electrons. The minimum absolute atomic E-state index is 0.565. The third-order valence-corrected chi connectivity index (χ3v) is 5.35. The van der Waals surface area contributed by atoms with Gasteiger partial charge in [0.2, 0.25) is 0 Å². The minimum atomic E-state index is 0.565. The van der Waals surface area contributed by atoms with Gasteiger partial charge in [0, 0.05) is 26.7 Å². The zero-order valence-corrected chi connectivity index (χ0v) is 16.7. The number of aromatic nitrogens is 2. The summed E-state index contributed by atoms with van der Waals surface area (Å²) in [5, 5.41) is 6.50. The molecule has 0 unspecified atom stereocenters. The summed E-state index contributed by atoms with van der Waals surface area (Å²) in [6.07, 6.45) is 1.55. The van der Waals surface area contributed by atoms with Crippen molar-refractivity contribution in [1.82, 2.24) is 9.97 Å². The predicted molar refractivity (Wildman–Crippen MR) is 114 cm³/mol. The first kappa shape index (κ1) is 18.0. The Morgan fingerprint density at radius 2 is 1.89 bits per heavy atom. The molecule has 7 heteroatoms. The van der Waals surface area contributed by atoms with Crippen molar-refractivity contribution in [2.75, 3.05) is 11.9 Å². The van der Waals surface area contributed by atoms with E-state index in [-0.39, 0.29) is 0 Å². The van der Waals surface area contributed by atoms with E-state index in [1.54, 1.807) is 35.9 Å². The van der Waals surface area contributed by atoms with Crippen molar-refractivity contribution in [3.63, 3.8) is 0 Å². The molecule has 2 aromatic carbocycles. The molecule has 2 aromatic heterocycles. The van der Waals surface area contributed by atoms with Gasteiger partial charge in [0.15, 0.2) is 5.82 Å². The molecule has 4 nitrogen and oxygen atoms in total. The van der Waals surface area contributed by atoms with Crippen LogP contribution >= 0.6 is 34.5 Å². The van der Waals surface area contributed by atoms with Crippen LogP contribution in [0, 0.1) is 0 Å². The Morgan fingerprint density at radius 3 is 2.67 bits per heavy atom. The van der Waals surface area contributed by atoms with Gasteiger partial charge in [-0.25, -0.2) is 9.97 Å². The van der Waals surface area contributed by atoms with Crippen LogP contribution in [0.5, 0.6) is 5.75 Å². The highest BCUT2D eigenvalue weighted by Crippen LogP contribution is 2.37. The lowest BCUT2D eigenvalue weighted by atomic mass is 10.1. The second-order valence-corrected chi connectivity index (χ2v) is 7.55. The Bertz CT molecular complexity index is 1090. The molecule has 4 rings (SSSR count). The van der Waals surface area contributed by atoms with Crippen molar-refractivity contribution in [1.29, 1.82) is 0 Å². The number of nitrogens with one attached hydrogen (secondary N) is 1. The van der Waals surface area contributed by atoms with E-state index in [1.807, 2.05) is 25.1 Å². The van der Waals surface area contributed by atoms with Gasteiger partial charge >= 0.3 is 0 Å². The molecule has 0 aliphatic heterocycles. The molecule has 0 fully saturated rings. The van der Waals surface area contributed by atoms with E-state index in [4.69, 9.17) is 27.9 Å². The first-order valence-electron chi connectivity index (χ1n) is 8.32. The summed E-state index contributed by atoms with van der Waals surface area (Å²) in [4.78, 5) is 8.89. The van der Waals surface area contributed by atoms with Crippen LogP contribution in [0.3, 0.4) is 0 Å². The third kappa shape index (κ3) is 3.86. The Labute approximate surface area is 170 Å². The molecule has 0 aliphatic rings. The fraction of sp³-hybridized carbons (Fsp3) is 0.100. The van der Waals surface area contributed by atoms with Crippen LogP contribution in [0.2, 0.25) is 10.0 Å². The molecule has 0 spiro atoms. The van der Waals surface area contributed by atoms with E-state index in [2.05, 4.69) is 26.7 Å². The summed E-state index contributed by atoms with van der Waals surface area (Å²) in [5.41, 5.74) is 3.77. The standard InChI is InChI=1S/C20H15Cl2N3OS/c1-2-26-16-5-3-4-12(6-16)17-10-27-19-18(17)23-11-24-20(19)25-15-8-13(21)7-14(22)9-15/h3-11H,2H2,1H3,(H,23,24,25). The first-order valence-corrected chi connectivity index (χ1v) is 9.96. The summed E-state index contributed by atoms with van der Waals surface area (Å²) in [6, 6.07) is 13.3. The van der Waals surface area contributed by atoms with E-state index in [1.165, 1.54) is 0 Å². The second-order valence-electron chi connectivity index (χ2n) is 5.79. The maximum atomic E-state index is 6.09. The van der Waals surface area contributed by atoms with Crippen LogP contribution in [0.1, 0.15) is 6.92 Å². The smallest absolute Gasteiger partial charge is 0.151 e. The summed E-state index contributed by atoms with van der Waals surface area (Å²) in [6.45, 7) is 2.60. The van der Waals surface area contributed by atoms with Gasteiger partial charge in [0.05, 0.1) is 16.8 Å². The van der Waals surface area contributed by atoms with Gasteiger partial charge in [0.25, 0.3) is 0 Å². The number of thiophene rings is 1. The van der Waals surface area contributed by atoms with Gasteiger partial charge in [-0.3, -0.25) is 0 Å². The Hall–Kier alpha value is -2.34. The van der Waals surface area contributed by atoms with Gasteiger partial charge in [-0.05, 0) is 42.8 Å². The summed E-state index contributed by atoms with van der Waals surface area (Å²) in [7, 11) is 0. The van der Waals surface area contributed by atoms with E-state index in [0.717, 1.165) is 38.6 Å². The Balaban J connectivity index is 1.74. The topological polar surface area (TPSA) is 47.0 Å². The highest BCUT2D eigenvalue weighted by atomic mass is 35.5. The van der Waals surface area contributed by atoms with Crippen molar-refractivity contribution in [2.45, 2.75) is 6.92 Å². The lowest BCUT2D eigenvalue weighted by Gasteiger charge is -2.08. The fourth-order valence-corrected chi connectivity index (χ4v) is 4.33. The fourth-order valence-electron chi connectivity index (χ4n) is 2.83.